The fourth-order valence-electron chi connectivity index (χ4n) is 3.40. The summed E-state index contributed by atoms with van der Waals surface area (Å²) in [5.41, 5.74) is 5.97. The van der Waals surface area contributed by atoms with Crippen molar-refractivity contribution in [2.45, 2.75) is 44.3 Å². The van der Waals surface area contributed by atoms with Gasteiger partial charge in [-0.15, -0.1) is 0 Å². The number of nitrogens with two attached hydrogens (primary N) is 1. The zero-order valence-electron chi connectivity index (χ0n) is 14.6. The van der Waals surface area contributed by atoms with E-state index in [2.05, 4.69) is 4.74 Å². The second-order valence-electron chi connectivity index (χ2n) is 7.03. The first-order valence-electron chi connectivity index (χ1n) is 8.83. The van der Waals surface area contributed by atoms with Crippen LogP contribution in [0.2, 0.25) is 0 Å². The SMILES string of the molecule is NC(=O)C[C@@H]1CC(c2ccc(OC(F)F)c(OCC3CC3)c2)CN1C(=O)O. The number of benzene rings is 1. The van der Waals surface area contributed by atoms with Gasteiger partial charge < -0.3 is 25.2 Å². The Morgan fingerprint density at radius 2 is 2.04 bits per heavy atom. The highest BCUT2D eigenvalue weighted by atomic mass is 19.3. The van der Waals surface area contributed by atoms with Crippen LogP contribution in [0, 0.1) is 5.92 Å². The van der Waals surface area contributed by atoms with Crippen LogP contribution in [0.4, 0.5) is 13.6 Å². The average Bonchev–Trinajstić information content (AvgIpc) is 3.32. The Kier molecular flexibility index (Phi) is 5.67. The molecule has 2 aliphatic rings. The molecule has 27 heavy (non-hydrogen) atoms. The number of ether oxygens (including phenoxy) is 2. The zero-order valence-corrected chi connectivity index (χ0v) is 14.6. The van der Waals surface area contributed by atoms with Gasteiger partial charge in [-0.1, -0.05) is 6.07 Å². The molecule has 1 saturated heterocycles. The van der Waals surface area contributed by atoms with Crippen LogP contribution in [0.3, 0.4) is 0 Å². The number of hydrogen-bond acceptors (Lipinski definition) is 4. The van der Waals surface area contributed by atoms with E-state index in [0.717, 1.165) is 18.4 Å². The molecule has 2 atom stereocenters. The molecular weight excluding hydrogens is 362 g/mol. The molecule has 0 radical (unpaired) electrons. The van der Waals surface area contributed by atoms with E-state index in [-0.39, 0.29) is 30.4 Å². The van der Waals surface area contributed by atoms with Crippen LogP contribution in [-0.2, 0) is 4.79 Å². The number of halogens is 2. The first kappa shape index (κ1) is 19.2. The lowest BCUT2D eigenvalue weighted by atomic mass is 9.95. The van der Waals surface area contributed by atoms with Gasteiger partial charge in [0.05, 0.1) is 6.61 Å². The molecule has 1 unspecified atom stereocenters. The van der Waals surface area contributed by atoms with E-state index >= 15 is 0 Å². The Balaban J connectivity index is 1.79. The van der Waals surface area contributed by atoms with E-state index in [4.69, 9.17) is 10.5 Å². The van der Waals surface area contributed by atoms with Gasteiger partial charge >= 0.3 is 12.7 Å². The second kappa shape index (κ2) is 7.98. The van der Waals surface area contributed by atoms with Gasteiger partial charge in [-0.3, -0.25) is 4.79 Å². The van der Waals surface area contributed by atoms with Gasteiger partial charge in [-0.05, 0) is 42.9 Å². The largest absolute Gasteiger partial charge is 0.489 e. The summed E-state index contributed by atoms with van der Waals surface area (Å²) in [6.45, 7) is -2.34. The van der Waals surface area contributed by atoms with Gasteiger partial charge in [-0.2, -0.15) is 8.78 Å². The molecule has 9 heteroatoms. The van der Waals surface area contributed by atoms with E-state index < -0.39 is 24.7 Å². The van der Waals surface area contributed by atoms with Gasteiger partial charge in [-0.25, -0.2) is 4.79 Å². The minimum Gasteiger partial charge on any atom is -0.489 e. The van der Waals surface area contributed by atoms with Gasteiger partial charge in [0.25, 0.3) is 0 Å². The molecule has 3 rings (SSSR count). The molecule has 0 bridgehead atoms. The monoisotopic (exact) mass is 384 g/mol. The van der Waals surface area contributed by atoms with Crippen LogP contribution in [0.25, 0.3) is 0 Å². The van der Waals surface area contributed by atoms with E-state index in [1.54, 1.807) is 12.1 Å². The van der Waals surface area contributed by atoms with Crippen molar-refractivity contribution in [2.24, 2.45) is 11.7 Å². The third kappa shape index (κ3) is 4.99. The standard InChI is InChI=1S/C18H22F2N2O5/c19-17(20)27-14-4-3-11(6-15(14)26-9-10-1-2-10)12-5-13(7-16(21)23)22(8-12)18(24)25/h3-4,6,10,12-13,17H,1-2,5,7-9H2,(H2,21,23)(H,24,25)/t12?,13-/m0/s1. The van der Waals surface area contributed by atoms with Crippen LogP contribution < -0.4 is 15.2 Å². The minimum absolute atomic E-state index is 0.0452. The lowest BCUT2D eigenvalue weighted by Crippen LogP contribution is -2.37. The maximum atomic E-state index is 12.6. The molecule has 3 N–H and O–H groups in total. The van der Waals surface area contributed by atoms with Crippen molar-refractivity contribution in [1.82, 2.24) is 4.90 Å². The van der Waals surface area contributed by atoms with Gasteiger partial charge in [0.1, 0.15) is 0 Å². The van der Waals surface area contributed by atoms with Crippen LogP contribution in [0.1, 0.15) is 37.2 Å². The molecule has 0 aromatic heterocycles. The van der Waals surface area contributed by atoms with E-state index in [1.165, 1.54) is 11.0 Å². The molecule has 1 heterocycles. The Hall–Kier alpha value is -2.58. The molecule has 0 spiro atoms. The highest BCUT2D eigenvalue weighted by Crippen LogP contribution is 2.39. The number of rotatable bonds is 8. The first-order valence-corrected chi connectivity index (χ1v) is 8.83. The number of carboxylic acid groups (broad SMARTS) is 1. The molecule has 2 fully saturated rings. The molecular formula is C18H22F2N2O5. The number of likely N-dealkylation sites (tertiary alicyclic amines) is 1. The molecule has 1 aliphatic carbocycles. The maximum Gasteiger partial charge on any atom is 0.407 e. The normalized spacial score (nSPS) is 22.1. The molecule has 148 valence electrons. The van der Waals surface area contributed by atoms with Crippen molar-refractivity contribution in [3.05, 3.63) is 23.8 Å². The fourth-order valence-corrected chi connectivity index (χ4v) is 3.40. The van der Waals surface area contributed by atoms with Gasteiger partial charge in [0, 0.05) is 24.9 Å². The lowest BCUT2D eigenvalue weighted by Gasteiger charge is -2.19. The summed E-state index contributed by atoms with van der Waals surface area (Å²) in [5.74, 6) is -0.145. The summed E-state index contributed by atoms with van der Waals surface area (Å²) in [5, 5.41) is 9.36. The zero-order chi connectivity index (χ0) is 19.6. The predicted molar refractivity (Wildman–Crippen MR) is 91.0 cm³/mol. The topological polar surface area (TPSA) is 102 Å². The van der Waals surface area contributed by atoms with Crippen molar-refractivity contribution >= 4 is 12.0 Å². The van der Waals surface area contributed by atoms with Crippen LogP contribution in [0.15, 0.2) is 18.2 Å². The van der Waals surface area contributed by atoms with Gasteiger partial charge in [0.2, 0.25) is 5.91 Å². The van der Waals surface area contributed by atoms with E-state index in [0.29, 0.717) is 18.9 Å². The second-order valence-corrected chi connectivity index (χ2v) is 7.03. The van der Waals surface area contributed by atoms with Crippen molar-refractivity contribution < 1.29 is 33.0 Å². The lowest BCUT2D eigenvalue weighted by molar-refractivity contribution is -0.118. The van der Waals surface area contributed by atoms with Crippen LogP contribution in [0.5, 0.6) is 11.5 Å². The molecule has 7 nitrogen and oxygen atoms in total. The minimum atomic E-state index is -2.96. The Bertz CT molecular complexity index is 711. The smallest absolute Gasteiger partial charge is 0.407 e. The predicted octanol–water partition coefficient (Wildman–Crippen LogP) is 2.79. The van der Waals surface area contributed by atoms with Crippen LogP contribution >= 0.6 is 0 Å². The van der Waals surface area contributed by atoms with Crippen LogP contribution in [-0.4, -0.2) is 47.8 Å². The number of carbonyl (C=O) groups is 2. The molecule has 1 aromatic rings. The summed E-state index contributed by atoms with van der Waals surface area (Å²) in [6, 6.07) is 4.16. The highest BCUT2D eigenvalue weighted by molar-refractivity contribution is 5.76. The Labute approximate surface area is 155 Å². The highest BCUT2D eigenvalue weighted by Gasteiger charge is 2.37. The molecule has 1 aliphatic heterocycles. The number of primary amides is 1. The summed E-state index contributed by atoms with van der Waals surface area (Å²) in [7, 11) is 0. The number of amides is 2. The molecule has 2 amide bonds. The van der Waals surface area contributed by atoms with Gasteiger partial charge in [0.15, 0.2) is 11.5 Å². The van der Waals surface area contributed by atoms with E-state index in [9.17, 15) is 23.5 Å². The third-order valence-corrected chi connectivity index (χ3v) is 4.92. The summed E-state index contributed by atoms with van der Waals surface area (Å²) in [4.78, 5) is 23.9. The molecule has 1 saturated carbocycles. The first-order chi connectivity index (χ1) is 12.8. The van der Waals surface area contributed by atoms with Crippen molar-refractivity contribution in [3.63, 3.8) is 0 Å². The fraction of sp³-hybridized carbons (Fsp3) is 0.556. The number of carbonyl (C=O) groups excluding carboxylic acids is 1. The third-order valence-electron chi connectivity index (χ3n) is 4.92. The number of hydrogen-bond donors (Lipinski definition) is 2. The summed E-state index contributed by atoms with van der Waals surface area (Å²) >= 11 is 0. The number of alkyl halides is 2. The Morgan fingerprint density at radius 1 is 1.30 bits per heavy atom. The number of nitrogens with zero attached hydrogens (tertiary/aromatic N) is 1. The summed E-state index contributed by atoms with van der Waals surface area (Å²) in [6.07, 6.45) is 1.35. The van der Waals surface area contributed by atoms with Crippen molar-refractivity contribution in [1.29, 1.82) is 0 Å². The quantitative estimate of drug-likeness (QED) is 0.718. The molecule has 1 aromatic carbocycles. The van der Waals surface area contributed by atoms with Crippen molar-refractivity contribution in [3.8, 4) is 11.5 Å². The van der Waals surface area contributed by atoms with E-state index in [1.807, 2.05) is 0 Å². The Morgan fingerprint density at radius 3 is 2.63 bits per heavy atom. The summed E-state index contributed by atoms with van der Waals surface area (Å²) < 4.78 is 35.5. The maximum absolute atomic E-state index is 12.6. The van der Waals surface area contributed by atoms with Crippen molar-refractivity contribution in [2.75, 3.05) is 13.2 Å². The average molecular weight is 384 g/mol.